The summed E-state index contributed by atoms with van der Waals surface area (Å²) >= 11 is 0. The van der Waals surface area contributed by atoms with Gasteiger partial charge in [0, 0.05) is 25.7 Å². The van der Waals surface area contributed by atoms with Gasteiger partial charge in [-0.3, -0.25) is 4.79 Å². The fourth-order valence-electron chi connectivity index (χ4n) is 2.45. The number of hydrogen-bond donors (Lipinski definition) is 2. The third-order valence-corrected chi connectivity index (χ3v) is 3.47. The Balaban J connectivity index is 1.63. The van der Waals surface area contributed by atoms with Crippen molar-refractivity contribution in [2.24, 2.45) is 5.92 Å². The van der Waals surface area contributed by atoms with Crippen LogP contribution in [0.5, 0.6) is 0 Å². The van der Waals surface area contributed by atoms with Crippen molar-refractivity contribution in [2.45, 2.75) is 19.3 Å². The number of pyridine rings is 1. The number of likely N-dealkylation sites (tertiary alicyclic amines) is 1. The van der Waals surface area contributed by atoms with Gasteiger partial charge in [-0.05, 0) is 44.0 Å². The van der Waals surface area contributed by atoms with E-state index in [9.17, 15) is 4.79 Å². The summed E-state index contributed by atoms with van der Waals surface area (Å²) in [6.45, 7) is 3.96. The van der Waals surface area contributed by atoms with Gasteiger partial charge in [0.2, 0.25) is 0 Å². The molecule has 1 fully saturated rings. The van der Waals surface area contributed by atoms with Gasteiger partial charge >= 0.3 is 5.97 Å². The molecule has 5 nitrogen and oxygen atoms in total. The van der Waals surface area contributed by atoms with E-state index in [0.717, 1.165) is 38.4 Å². The van der Waals surface area contributed by atoms with Crippen molar-refractivity contribution in [1.82, 2.24) is 9.88 Å². The maximum atomic E-state index is 10.5. The van der Waals surface area contributed by atoms with Gasteiger partial charge in [-0.25, -0.2) is 4.98 Å². The number of rotatable bonds is 7. The van der Waals surface area contributed by atoms with Gasteiger partial charge in [0.05, 0.1) is 0 Å². The van der Waals surface area contributed by atoms with Crippen LogP contribution in [0.2, 0.25) is 0 Å². The Morgan fingerprint density at radius 2 is 2.42 bits per heavy atom. The molecule has 1 aliphatic heterocycles. The molecular formula is C14H21N3O2. The summed E-state index contributed by atoms with van der Waals surface area (Å²) in [5.74, 6) is 0.853. The number of carboxylic acid groups (broad SMARTS) is 1. The number of hydrogen-bond acceptors (Lipinski definition) is 4. The van der Waals surface area contributed by atoms with E-state index >= 15 is 0 Å². The normalized spacial score (nSPS) is 19.5. The van der Waals surface area contributed by atoms with E-state index in [2.05, 4.69) is 15.2 Å². The highest BCUT2D eigenvalue weighted by atomic mass is 16.4. The molecule has 2 heterocycles. The van der Waals surface area contributed by atoms with Crippen LogP contribution >= 0.6 is 0 Å². The van der Waals surface area contributed by atoms with Crippen LogP contribution in [-0.4, -0.2) is 47.1 Å². The Morgan fingerprint density at radius 1 is 1.53 bits per heavy atom. The van der Waals surface area contributed by atoms with Gasteiger partial charge in [-0.1, -0.05) is 6.07 Å². The average molecular weight is 263 g/mol. The Labute approximate surface area is 113 Å². The first-order valence-corrected chi connectivity index (χ1v) is 6.83. The minimum absolute atomic E-state index is 0.271. The molecule has 5 heteroatoms. The molecule has 1 aromatic heterocycles. The lowest BCUT2D eigenvalue weighted by atomic mass is 10.1. The van der Waals surface area contributed by atoms with Gasteiger partial charge < -0.3 is 15.3 Å². The molecule has 0 aromatic carbocycles. The fraction of sp³-hybridized carbons (Fsp3) is 0.571. The number of aromatic nitrogens is 1. The maximum absolute atomic E-state index is 10.5. The highest BCUT2D eigenvalue weighted by molar-refractivity contribution is 5.66. The van der Waals surface area contributed by atoms with Crippen LogP contribution in [0.25, 0.3) is 0 Å². The van der Waals surface area contributed by atoms with Crippen LogP contribution in [-0.2, 0) is 4.79 Å². The van der Waals surface area contributed by atoms with E-state index in [4.69, 9.17) is 5.11 Å². The Bertz CT molecular complexity index is 397. The Morgan fingerprint density at radius 3 is 3.16 bits per heavy atom. The highest BCUT2D eigenvalue weighted by Gasteiger charge is 2.21. The van der Waals surface area contributed by atoms with E-state index in [1.807, 2.05) is 18.2 Å². The summed E-state index contributed by atoms with van der Waals surface area (Å²) in [4.78, 5) is 17.1. The predicted octanol–water partition coefficient (Wildman–Crippen LogP) is 1.68. The van der Waals surface area contributed by atoms with Gasteiger partial charge in [-0.15, -0.1) is 0 Å². The standard InChI is InChI=1S/C14H21N3O2/c18-14(19)5-3-8-17-9-6-12(11-17)10-16-13-4-1-2-7-15-13/h1-2,4,7,12H,3,5-6,8-11H2,(H,15,16)(H,18,19). The minimum atomic E-state index is -0.701. The molecule has 19 heavy (non-hydrogen) atoms. The molecule has 0 radical (unpaired) electrons. The lowest BCUT2D eigenvalue weighted by Crippen LogP contribution is -2.24. The first-order chi connectivity index (χ1) is 9.24. The molecule has 1 saturated heterocycles. The number of nitrogens with zero attached hydrogens (tertiary/aromatic N) is 2. The van der Waals surface area contributed by atoms with Crippen molar-refractivity contribution in [3.8, 4) is 0 Å². The van der Waals surface area contributed by atoms with E-state index in [0.29, 0.717) is 5.92 Å². The Hall–Kier alpha value is -1.62. The molecule has 1 aliphatic rings. The van der Waals surface area contributed by atoms with Crippen LogP contribution in [0.15, 0.2) is 24.4 Å². The van der Waals surface area contributed by atoms with Crippen molar-refractivity contribution in [2.75, 3.05) is 31.5 Å². The molecule has 0 saturated carbocycles. The summed E-state index contributed by atoms with van der Waals surface area (Å²) < 4.78 is 0. The second-order valence-electron chi connectivity index (χ2n) is 5.05. The zero-order chi connectivity index (χ0) is 13.5. The van der Waals surface area contributed by atoms with Crippen LogP contribution in [0, 0.1) is 5.92 Å². The van der Waals surface area contributed by atoms with Crippen LogP contribution in [0.4, 0.5) is 5.82 Å². The summed E-state index contributed by atoms with van der Waals surface area (Å²) in [6.07, 6.45) is 3.98. The predicted molar refractivity (Wildman–Crippen MR) is 74.1 cm³/mol. The molecule has 104 valence electrons. The lowest BCUT2D eigenvalue weighted by Gasteiger charge is -2.15. The molecule has 0 aliphatic carbocycles. The number of anilines is 1. The summed E-state index contributed by atoms with van der Waals surface area (Å²) in [5, 5.41) is 12.0. The largest absolute Gasteiger partial charge is 0.481 e. The number of aliphatic carboxylic acids is 1. The van der Waals surface area contributed by atoms with Crippen LogP contribution in [0.3, 0.4) is 0 Å². The number of carboxylic acids is 1. The SMILES string of the molecule is O=C(O)CCCN1CCC(CNc2ccccn2)C1. The summed E-state index contributed by atoms with van der Waals surface area (Å²) in [7, 11) is 0. The monoisotopic (exact) mass is 263 g/mol. The quantitative estimate of drug-likeness (QED) is 0.783. The minimum Gasteiger partial charge on any atom is -0.481 e. The van der Waals surface area contributed by atoms with Crippen LogP contribution < -0.4 is 5.32 Å². The van der Waals surface area contributed by atoms with Gasteiger partial charge in [-0.2, -0.15) is 0 Å². The van der Waals surface area contributed by atoms with Gasteiger partial charge in [0.25, 0.3) is 0 Å². The van der Waals surface area contributed by atoms with Crippen molar-refractivity contribution in [3.05, 3.63) is 24.4 Å². The smallest absolute Gasteiger partial charge is 0.303 e. The molecule has 1 unspecified atom stereocenters. The summed E-state index contributed by atoms with van der Waals surface area (Å²) in [6, 6.07) is 5.85. The molecular weight excluding hydrogens is 242 g/mol. The second-order valence-corrected chi connectivity index (χ2v) is 5.05. The average Bonchev–Trinajstić information content (AvgIpc) is 2.85. The van der Waals surface area contributed by atoms with E-state index in [-0.39, 0.29) is 6.42 Å². The van der Waals surface area contributed by atoms with E-state index in [1.54, 1.807) is 6.20 Å². The topological polar surface area (TPSA) is 65.5 Å². The highest BCUT2D eigenvalue weighted by Crippen LogP contribution is 2.17. The van der Waals surface area contributed by atoms with E-state index in [1.165, 1.54) is 6.42 Å². The first kappa shape index (κ1) is 13.8. The van der Waals surface area contributed by atoms with Crippen molar-refractivity contribution in [1.29, 1.82) is 0 Å². The van der Waals surface area contributed by atoms with Crippen molar-refractivity contribution >= 4 is 11.8 Å². The zero-order valence-electron chi connectivity index (χ0n) is 11.1. The van der Waals surface area contributed by atoms with E-state index < -0.39 is 5.97 Å². The second kappa shape index (κ2) is 7.09. The molecule has 2 rings (SSSR count). The molecule has 0 bridgehead atoms. The van der Waals surface area contributed by atoms with Gasteiger partial charge in [0.1, 0.15) is 5.82 Å². The van der Waals surface area contributed by atoms with Gasteiger partial charge in [0.15, 0.2) is 0 Å². The number of carbonyl (C=O) groups is 1. The molecule has 0 amide bonds. The molecule has 1 atom stereocenters. The molecule has 1 aromatic rings. The number of nitrogens with one attached hydrogen (secondary N) is 1. The molecule has 0 spiro atoms. The fourth-order valence-corrected chi connectivity index (χ4v) is 2.45. The Kier molecular flexibility index (Phi) is 5.15. The maximum Gasteiger partial charge on any atom is 0.303 e. The van der Waals surface area contributed by atoms with Crippen LogP contribution in [0.1, 0.15) is 19.3 Å². The van der Waals surface area contributed by atoms with Crippen molar-refractivity contribution in [3.63, 3.8) is 0 Å². The first-order valence-electron chi connectivity index (χ1n) is 6.83. The molecule has 2 N–H and O–H groups in total. The van der Waals surface area contributed by atoms with Crippen molar-refractivity contribution < 1.29 is 9.90 Å². The zero-order valence-corrected chi connectivity index (χ0v) is 11.1. The summed E-state index contributed by atoms with van der Waals surface area (Å²) in [5.41, 5.74) is 0. The lowest BCUT2D eigenvalue weighted by molar-refractivity contribution is -0.137. The third kappa shape index (κ3) is 4.87. The third-order valence-electron chi connectivity index (χ3n) is 3.47.